The normalized spacial score (nSPS) is 10.8. The lowest BCUT2D eigenvalue weighted by Crippen LogP contribution is -2.33. The number of benzene rings is 1. The first-order chi connectivity index (χ1) is 11.9. The summed E-state index contributed by atoms with van der Waals surface area (Å²) in [5.74, 6) is -1.09. The quantitative estimate of drug-likeness (QED) is 0.718. The van der Waals surface area contributed by atoms with Crippen molar-refractivity contribution >= 4 is 11.9 Å². The van der Waals surface area contributed by atoms with E-state index in [1.165, 1.54) is 36.5 Å². The second-order valence-electron chi connectivity index (χ2n) is 6.01. The number of methoxy groups -OCH3 is 1. The van der Waals surface area contributed by atoms with Crippen LogP contribution in [-0.4, -0.2) is 35.4 Å². The van der Waals surface area contributed by atoms with Crippen LogP contribution in [0.2, 0.25) is 0 Å². The zero-order chi connectivity index (χ0) is 18.4. The minimum Gasteiger partial charge on any atom is -0.464 e. The van der Waals surface area contributed by atoms with Gasteiger partial charge in [-0.15, -0.1) is 0 Å². The third kappa shape index (κ3) is 4.89. The molecule has 1 aromatic carbocycles. The second kappa shape index (κ2) is 8.41. The van der Waals surface area contributed by atoms with Gasteiger partial charge in [-0.05, 0) is 24.5 Å². The molecule has 6 nitrogen and oxygen atoms in total. The first kappa shape index (κ1) is 18.6. The molecular weight excluding hydrogens is 327 g/mol. The third-order valence-corrected chi connectivity index (χ3v) is 3.64. The van der Waals surface area contributed by atoms with E-state index in [9.17, 15) is 14.0 Å². The minimum absolute atomic E-state index is 0.00833. The molecule has 0 N–H and O–H groups in total. The van der Waals surface area contributed by atoms with Crippen LogP contribution in [0.15, 0.2) is 34.9 Å². The molecule has 25 heavy (non-hydrogen) atoms. The Morgan fingerprint density at radius 3 is 2.68 bits per heavy atom. The average Bonchev–Trinajstić information content (AvgIpc) is 3.06. The summed E-state index contributed by atoms with van der Waals surface area (Å²) >= 11 is 0. The number of oxazole rings is 1. The number of amides is 1. The van der Waals surface area contributed by atoms with Gasteiger partial charge in [0.05, 0.1) is 19.2 Å². The predicted molar refractivity (Wildman–Crippen MR) is 88.4 cm³/mol. The van der Waals surface area contributed by atoms with E-state index >= 15 is 0 Å². The van der Waals surface area contributed by atoms with Gasteiger partial charge in [0.1, 0.15) is 12.1 Å². The van der Waals surface area contributed by atoms with Crippen molar-refractivity contribution in [1.29, 1.82) is 0 Å². The van der Waals surface area contributed by atoms with Gasteiger partial charge in [0.2, 0.25) is 5.89 Å². The molecule has 0 bridgehead atoms. The highest BCUT2D eigenvalue weighted by Gasteiger charge is 2.22. The molecule has 2 aromatic rings. The Hall–Kier alpha value is -2.70. The van der Waals surface area contributed by atoms with Crippen LogP contribution < -0.4 is 0 Å². The van der Waals surface area contributed by atoms with Gasteiger partial charge in [-0.1, -0.05) is 26.0 Å². The van der Waals surface area contributed by atoms with Crippen molar-refractivity contribution in [3.05, 3.63) is 53.5 Å². The van der Waals surface area contributed by atoms with Crippen LogP contribution in [0.5, 0.6) is 0 Å². The molecule has 1 amide bonds. The largest absolute Gasteiger partial charge is 0.464 e. The number of hydrogen-bond donors (Lipinski definition) is 0. The van der Waals surface area contributed by atoms with E-state index in [1.807, 2.05) is 13.8 Å². The highest BCUT2D eigenvalue weighted by molar-refractivity contribution is 5.94. The molecule has 0 saturated carbocycles. The molecule has 7 heteroatoms. The molecule has 0 radical (unpaired) electrons. The summed E-state index contributed by atoms with van der Waals surface area (Å²) in [6.07, 6.45) is 1.92. The summed E-state index contributed by atoms with van der Waals surface area (Å²) in [6, 6.07) is 5.82. The maximum Gasteiger partial charge on any atom is 0.360 e. The monoisotopic (exact) mass is 348 g/mol. The maximum atomic E-state index is 13.9. The number of nitrogens with zero attached hydrogens (tertiary/aromatic N) is 2. The van der Waals surface area contributed by atoms with E-state index in [-0.39, 0.29) is 23.7 Å². The van der Waals surface area contributed by atoms with Gasteiger partial charge >= 0.3 is 5.97 Å². The number of ether oxygens (including phenoxy) is 1. The van der Waals surface area contributed by atoms with Crippen LogP contribution in [0.25, 0.3) is 0 Å². The van der Waals surface area contributed by atoms with Crippen molar-refractivity contribution in [2.75, 3.05) is 13.7 Å². The SMILES string of the molecule is COC(=O)c1coc(CN(CCC(C)C)C(=O)c2ccccc2F)n1. The van der Waals surface area contributed by atoms with Crippen LogP contribution in [0.3, 0.4) is 0 Å². The molecule has 1 aromatic heterocycles. The van der Waals surface area contributed by atoms with Crippen LogP contribution in [0.1, 0.15) is 47.0 Å². The molecule has 0 atom stereocenters. The Bertz CT molecular complexity index is 742. The van der Waals surface area contributed by atoms with Crippen LogP contribution in [0.4, 0.5) is 4.39 Å². The van der Waals surface area contributed by atoms with E-state index in [2.05, 4.69) is 9.72 Å². The zero-order valence-corrected chi connectivity index (χ0v) is 14.5. The van der Waals surface area contributed by atoms with Crippen molar-refractivity contribution in [3.63, 3.8) is 0 Å². The minimum atomic E-state index is -0.621. The Labute approximate surface area is 145 Å². The number of hydrogen-bond acceptors (Lipinski definition) is 5. The van der Waals surface area contributed by atoms with Gasteiger partial charge in [-0.25, -0.2) is 14.2 Å². The topological polar surface area (TPSA) is 72.6 Å². The molecule has 2 rings (SSSR count). The number of halogens is 1. The smallest absolute Gasteiger partial charge is 0.360 e. The first-order valence-corrected chi connectivity index (χ1v) is 7.99. The lowest BCUT2D eigenvalue weighted by atomic mass is 10.1. The van der Waals surface area contributed by atoms with E-state index < -0.39 is 17.7 Å². The molecule has 134 valence electrons. The van der Waals surface area contributed by atoms with Crippen LogP contribution >= 0.6 is 0 Å². The van der Waals surface area contributed by atoms with Gasteiger partial charge < -0.3 is 14.1 Å². The summed E-state index contributed by atoms with van der Waals surface area (Å²) < 4.78 is 23.8. The summed E-state index contributed by atoms with van der Waals surface area (Å²) in [5, 5.41) is 0. The third-order valence-electron chi connectivity index (χ3n) is 3.64. The average molecular weight is 348 g/mol. The number of aromatic nitrogens is 1. The fourth-order valence-electron chi connectivity index (χ4n) is 2.22. The van der Waals surface area contributed by atoms with Crippen molar-refractivity contribution in [3.8, 4) is 0 Å². The van der Waals surface area contributed by atoms with E-state index in [0.717, 1.165) is 6.42 Å². The predicted octanol–water partition coefficient (Wildman–Crippen LogP) is 3.29. The maximum absolute atomic E-state index is 13.9. The van der Waals surface area contributed by atoms with E-state index in [1.54, 1.807) is 6.07 Å². The van der Waals surface area contributed by atoms with Crippen molar-refractivity contribution in [2.45, 2.75) is 26.8 Å². The molecule has 0 fully saturated rings. The van der Waals surface area contributed by atoms with E-state index in [0.29, 0.717) is 12.5 Å². The van der Waals surface area contributed by atoms with Crippen molar-refractivity contribution < 1.29 is 23.1 Å². The number of rotatable bonds is 7. The summed E-state index contributed by atoms with van der Waals surface area (Å²) in [7, 11) is 1.24. The molecular formula is C18H21FN2O4. The van der Waals surface area contributed by atoms with Gasteiger partial charge in [0, 0.05) is 6.54 Å². The second-order valence-corrected chi connectivity index (χ2v) is 6.01. The molecule has 0 aliphatic heterocycles. The fourth-order valence-corrected chi connectivity index (χ4v) is 2.22. The van der Waals surface area contributed by atoms with Gasteiger partial charge in [0.15, 0.2) is 5.69 Å². The highest BCUT2D eigenvalue weighted by atomic mass is 19.1. The highest BCUT2D eigenvalue weighted by Crippen LogP contribution is 2.15. The van der Waals surface area contributed by atoms with Crippen LogP contribution in [0, 0.1) is 11.7 Å². The van der Waals surface area contributed by atoms with Crippen molar-refractivity contribution in [1.82, 2.24) is 9.88 Å². The van der Waals surface area contributed by atoms with Crippen molar-refractivity contribution in [2.24, 2.45) is 5.92 Å². The molecule has 1 heterocycles. The van der Waals surface area contributed by atoms with Gasteiger partial charge in [-0.3, -0.25) is 4.79 Å². The first-order valence-electron chi connectivity index (χ1n) is 7.99. The zero-order valence-electron chi connectivity index (χ0n) is 14.5. The van der Waals surface area contributed by atoms with Gasteiger partial charge in [-0.2, -0.15) is 0 Å². The number of carbonyl (C=O) groups is 2. The lowest BCUT2D eigenvalue weighted by molar-refractivity contribution is 0.0594. The summed E-state index contributed by atoms with van der Waals surface area (Å²) in [4.78, 5) is 29.6. The Morgan fingerprint density at radius 2 is 2.04 bits per heavy atom. The Kier molecular flexibility index (Phi) is 6.27. The Balaban J connectivity index is 2.20. The fraction of sp³-hybridized carbons (Fsp3) is 0.389. The lowest BCUT2D eigenvalue weighted by Gasteiger charge is -2.22. The molecule has 0 aliphatic carbocycles. The standard InChI is InChI=1S/C18H21FN2O4/c1-12(2)8-9-21(17(22)13-6-4-5-7-14(13)19)10-16-20-15(11-25-16)18(23)24-3/h4-7,11-12H,8-10H2,1-3H3. The number of carbonyl (C=O) groups excluding carboxylic acids is 2. The molecule has 0 unspecified atom stereocenters. The molecule has 0 saturated heterocycles. The molecule has 0 aliphatic rings. The molecule has 0 spiro atoms. The van der Waals surface area contributed by atoms with Gasteiger partial charge in [0.25, 0.3) is 5.91 Å². The Morgan fingerprint density at radius 1 is 1.32 bits per heavy atom. The summed E-state index contributed by atoms with van der Waals surface area (Å²) in [6.45, 7) is 4.52. The van der Waals surface area contributed by atoms with Crippen LogP contribution in [-0.2, 0) is 11.3 Å². The number of esters is 1. The van der Waals surface area contributed by atoms with E-state index in [4.69, 9.17) is 4.42 Å². The summed E-state index contributed by atoms with van der Waals surface area (Å²) in [5.41, 5.74) is 0.0191.